The van der Waals surface area contributed by atoms with E-state index < -0.39 is 0 Å². The van der Waals surface area contributed by atoms with Crippen LogP contribution in [0.25, 0.3) is 10.6 Å². The van der Waals surface area contributed by atoms with Gasteiger partial charge in [-0.15, -0.1) is 11.3 Å². The highest BCUT2D eigenvalue weighted by Crippen LogP contribution is 2.27. The van der Waals surface area contributed by atoms with E-state index in [1.54, 1.807) is 11.3 Å². The molecule has 23 heavy (non-hydrogen) atoms. The van der Waals surface area contributed by atoms with Gasteiger partial charge in [-0.25, -0.2) is 4.98 Å². The third-order valence-electron chi connectivity index (χ3n) is 4.62. The zero-order valence-corrected chi connectivity index (χ0v) is 14.9. The molecule has 3 nitrogen and oxygen atoms in total. The first-order valence-electron chi connectivity index (χ1n) is 8.39. The molecule has 1 aromatic carbocycles. The van der Waals surface area contributed by atoms with Crippen LogP contribution in [-0.2, 0) is 0 Å². The fourth-order valence-corrected chi connectivity index (χ4v) is 3.69. The second-order valence-electron chi connectivity index (χ2n) is 6.79. The summed E-state index contributed by atoms with van der Waals surface area (Å²) >= 11 is 1.55. The van der Waals surface area contributed by atoms with Crippen molar-refractivity contribution in [3.63, 3.8) is 0 Å². The molecule has 2 aromatic rings. The molecule has 0 saturated carbocycles. The minimum absolute atomic E-state index is 0.0817. The van der Waals surface area contributed by atoms with Crippen LogP contribution in [0.15, 0.2) is 29.6 Å². The number of benzene rings is 1. The van der Waals surface area contributed by atoms with Gasteiger partial charge >= 0.3 is 0 Å². The molecule has 0 spiro atoms. The highest BCUT2D eigenvalue weighted by atomic mass is 32.1. The fourth-order valence-electron chi connectivity index (χ4n) is 2.89. The molecule has 0 aliphatic carbocycles. The van der Waals surface area contributed by atoms with E-state index in [9.17, 15) is 4.79 Å². The molecule has 0 unspecified atom stereocenters. The number of carbonyl (C=O) groups excluding carboxylic acids is 1. The zero-order chi connectivity index (χ0) is 16.4. The van der Waals surface area contributed by atoms with Gasteiger partial charge in [0.25, 0.3) is 5.91 Å². The maximum absolute atomic E-state index is 12.6. The van der Waals surface area contributed by atoms with E-state index in [0.717, 1.165) is 42.4 Å². The largest absolute Gasteiger partial charge is 0.337 e. The van der Waals surface area contributed by atoms with Crippen molar-refractivity contribution in [2.24, 2.45) is 5.92 Å². The van der Waals surface area contributed by atoms with Crippen molar-refractivity contribution in [2.75, 3.05) is 13.1 Å². The van der Waals surface area contributed by atoms with Crippen LogP contribution >= 0.6 is 11.3 Å². The number of rotatable bonds is 3. The van der Waals surface area contributed by atoms with Crippen LogP contribution < -0.4 is 0 Å². The van der Waals surface area contributed by atoms with Gasteiger partial charge in [0.1, 0.15) is 10.7 Å². The number of likely N-dealkylation sites (tertiary alicyclic amines) is 1. The summed E-state index contributed by atoms with van der Waals surface area (Å²) in [7, 11) is 0. The van der Waals surface area contributed by atoms with E-state index in [1.807, 2.05) is 10.3 Å². The summed E-state index contributed by atoms with van der Waals surface area (Å²) in [6, 6.07) is 8.50. The zero-order valence-electron chi connectivity index (χ0n) is 14.1. The number of hydrogen-bond donors (Lipinski definition) is 0. The monoisotopic (exact) mass is 328 g/mol. The Bertz CT molecular complexity index is 667. The molecule has 0 radical (unpaired) electrons. The van der Waals surface area contributed by atoms with Crippen LogP contribution in [0.5, 0.6) is 0 Å². The smallest absolute Gasteiger partial charge is 0.273 e. The molecule has 1 saturated heterocycles. The lowest BCUT2D eigenvalue weighted by Gasteiger charge is -2.29. The van der Waals surface area contributed by atoms with Gasteiger partial charge in [-0.05, 0) is 30.2 Å². The van der Waals surface area contributed by atoms with E-state index in [2.05, 4.69) is 50.0 Å². The molecule has 4 heteroatoms. The maximum Gasteiger partial charge on any atom is 0.273 e. The van der Waals surface area contributed by atoms with Crippen LogP contribution in [-0.4, -0.2) is 28.9 Å². The van der Waals surface area contributed by atoms with Crippen molar-refractivity contribution in [2.45, 2.75) is 39.5 Å². The predicted octanol–water partition coefficient (Wildman–Crippen LogP) is 4.81. The van der Waals surface area contributed by atoms with Crippen LogP contribution in [0.3, 0.4) is 0 Å². The highest BCUT2D eigenvalue weighted by Gasteiger charge is 2.23. The van der Waals surface area contributed by atoms with Gasteiger partial charge in [0, 0.05) is 24.0 Å². The van der Waals surface area contributed by atoms with Crippen molar-refractivity contribution in [1.29, 1.82) is 0 Å². The van der Waals surface area contributed by atoms with E-state index in [-0.39, 0.29) is 5.91 Å². The molecular weight excluding hydrogens is 304 g/mol. The van der Waals surface area contributed by atoms with E-state index in [0.29, 0.717) is 11.6 Å². The van der Waals surface area contributed by atoms with Crippen LogP contribution in [0.2, 0.25) is 0 Å². The first-order valence-corrected chi connectivity index (χ1v) is 9.27. The molecule has 122 valence electrons. The van der Waals surface area contributed by atoms with Crippen molar-refractivity contribution < 1.29 is 4.79 Å². The average Bonchev–Trinajstić information content (AvgIpc) is 3.05. The number of nitrogens with zero attached hydrogens (tertiary/aromatic N) is 2. The van der Waals surface area contributed by atoms with Crippen LogP contribution in [0, 0.1) is 5.92 Å². The summed E-state index contributed by atoms with van der Waals surface area (Å²) in [5, 5.41) is 2.82. The molecule has 0 atom stereocenters. The first kappa shape index (κ1) is 16.2. The number of carbonyl (C=O) groups is 1. The standard InChI is InChI=1S/C19H24N2OS/c1-13(2)15-4-6-16(7-5-15)18-20-17(12-23-18)19(22)21-10-8-14(3)9-11-21/h4-7,12-14H,8-11H2,1-3H3. The van der Waals surface area contributed by atoms with E-state index in [4.69, 9.17) is 0 Å². The Morgan fingerprint density at radius 3 is 2.48 bits per heavy atom. The van der Waals surface area contributed by atoms with Gasteiger partial charge in [0.2, 0.25) is 0 Å². The molecule has 1 aliphatic rings. The Morgan fingerprint density at radius 2 is 1.87 bits per heavy atom. The Balaban J connectivity index is 1.73. The maximum atomic E-state index is 12.6. The van der Waals surface area contributed by atoms with Gasteiger partial charge in [-0.3, -0.25) is 4.79 Å². The number of hydrogen-bond acceptors (Lipinski definition) is 3. The first-order chi connectivity index (χ1) is 11.0. The number of thiazole rings is 1. The third kappa shape index (κ3) is 3.63. The van der Waals surface area contributed by atoms with Gasteiger partial charge in [-0.1, -0.05) is 45.0 Å². The molecule has 0 bridgehead atoms. The van der Waals surface area contributed by atoms with Crippen molar-refractivity contribution in [3.05, 3.63) is 40.9 Å². The summed E-state index contributed by atoms with van der Waals surface area (Å²) in [4.78, 5) is 19.1. The average molecular weight is 328 g/mol. The summed E-state index contributed by atoms with van der Waals surface area (Å²) in [5.74, 6) is 1.33. The lowest BCUT2D eigenvalue weighted by Crippen LogP contribution is -2.38. The lowest BCUT2D eigenvalue weighted by molar-refractivity contribution is 0.0692. The quantitative estimate of drug-likeness (QED) is 0.810. The molecule has 1 aliphatic heterocycles. The van der Waals surface area contributed by atoms with Crippen molar-refractivity contribution >= 4 is 17.2 Å². The van der Waals surface area contributed by atoms with E-state index >= 15 is 0 Å². The Kier molecular flexibility index (Phi) is 4.81. The normalized spacial score (nSPS) is 16.1. The number of piperidine rings is 1. The second-order valence-corrected chi connectivity index (χ2v) is 7.65. The van der Waals surface area contributed by atoms with Crippen molar-refractivity contribution in [3.8, 4) is 10.6 Å². The lowest BCUT2D eigenvalue weighted by atomic mass is 9.99. The van der Waals surface area contributed by atoms with Crippen LogP contribution in [0.4, 0.5) is 0 Å². The van der Waals surface area contributed by atoms with Gasteiger partial charge in [-0.2, -0.15) is 0 Å². The fraction of sp³-hybridized carbons (Fsp3) is 0.474. The van der Waals surface area contributed by atoms with Gasteiger partial charge in [0.05, 0.1) is 0 Å². The predicted molar refractivity (Wildman–Crippen MR) is 95.9 cm³/mol. The number of aromatic nitrogens is 1. The Hall–Kier alpha value is -1.68. The highest BCUT2D eigenvalue weighted by molar-refractivity contribution is 7.13. The van der Waals surface area contributed by atoms with E-state index in [1.165, 1.54) is 5.56 Å². The van der Waals surface area contributed by atoms with Crippen molar-refractivity contribution in [1.82, 2.24) is 9.88 Å². The van der Waals surface area contributed by atoms with Gasteiger partial charge in [0.15, 0.2) is 0 Å². The van der Waals surface area contributed by atoms with Gasteiger partial charge < -0.3 is 4.90 Å². The minimum atomic E-state index is 0.0817. The topological polar surface area (TPSA) is 33.2 Å². The molecule has 1 amide bonds. The molecule has 2 heterocycles. The summed E-state index contributed by atoms with van der Waals surface area (Å²) in [5.41, 5.74) is 3.00. The molecular formula is C19H24N2OS. The number of amides is 1. The summed E-state index contributed by atoms with van der Waals surface area (Å²) in [6.45, 7) is 8.35. The second kappa shape index (κ2) is 6.83. The summed E-state index contributed by atoms with van der Waals surface area (Å²) in [6.07, 6.45) is 2.19. The minimum Gasteiger partial charge on any atom is -0.337 e. The Labute approximate surface area is 142 Å². The Morgan fingerprint density at radius 1 is 1.22 bits per heavy atom. The third-order valence-corrected chi connectivity index (χ3v) is 5.51. The molecule has 0 N–H and O–H groups in total. The molecule has 1 fully saturated rings. The molecule has 3 rings (SSSR count). The SMILES string of the molecule is CC1CCN(C(=O)c2csc(-c3ccc(C(C)C)cc3)n2)CC1. The summed E-state index contributed by atoms with van der Waals surface area (Å²) < 4.78 is 0. The molecule has 1 aromatic heterocycles. The van der Waals surface area contributed by atoms with Crippen LogP contribution in [0.1, 0.15) is 55.6 Å².